The summed E-state index contributed by atoms with van der Waals surface area (Å²) in [7, 11) is 0. The van der Waals surface area contributed by atoms with Crippen LogP contribution in [0, 0.1) is 23.2 Å². The normalized spacial score (nSPS) is 20.0. The molecule has 3 nitrogen and oxygen atoms in total. The van der Waals surface area contributed by atoms with E-state index in [9.17, 15) is 4.79 Å². The lowest BCUT2D eigenvalue weighted by Crippen LogP contribution is -2.39. The molecule has 1 N–H and O–H groups in total. The van der Waals surface area contributed by atoms with Crippen LogP contribution in [0.4, 0.5) is 0 Å². The summed E-state index contributed by atoms with van der Waals surface area (Å²) in [5.74, 6) is 1.59. The molecular weight excluding hydrogens is 332 g/mol. The van der Waals surface area contributed by atoms with E-state index in [1.54, 1.807) is 0 Å². The highest BCUT2D eigenvalue weighted by Crippen LogP contribution is 2.30. The largest absolute Gasteiger partial charge is 0.356 e. The highest BCUT2D eigenvalue weighted by atomic mass is 16.1. The van der Waals surface area contributed by atoms with Crippen molar-refractivity contribution in [3.8, 4) is 6.07 Å². The van der Waals surface area contributed by atoms with Gasteiger partial charge in [0.05, 0.1) is 6.07 Å². The summed E-state index contributed by atoms with van der Waals surface area (Å²) in [6, 6.07) is 22.8. The van der Waals surface area contributed by atoms with E-state index >= 15 is 0 Å². The molecule has 3 atom stereocenters. The van der Waals surface area contributed by atoms with Gasteiger partial charge in [-0.25, -0.2) is 0 Å². The monoisotopic (exact) mass is 362 g/mol. The van der Waals surface area contributed by atoms with E-state index in [0.29, 0.717) is 24.2 Å². The number of nitriles is 1. The maximum atomic E-state index is 11.5. The number of rotatable bonds is 4. The number of carbonyl (C=O) groups is 1. The molecule has 0 aromatic heterocycles. The fourth-order valence-electron chi connectivity index (χ4n) is 3.64. The van der Waals surface area contributed by atoms with Gasteiger partial charge in [0, 0.05) is 18.9 Å². The predicted octanol–water partition coefficient (Wildman–Crippen LogP) is 5.27. The van der Waals surface area contributed by atoms with Crippen LogP contribution in [0.1, 0.15) is 56.6 Å². The Morgan fingerprint density at radius 2 is 1.67 bits per heavy atom. The van der Waals surface area contributed by atoms with Crippen LogP contribution in [0.3, 0.4) is 0 Å². The molecule has 1 fully saturated rings. The Morgan fingerprint density at radius 1 is 1.07 bits per heavy atom. The van der Waals surface area contributed by atoms with Gasteiger partial charge < -0.3 is 5.32 Å². The summed E-state index contributed by atoms with van der Waals surface area (Å²) in [6.45, 7) is 7.14. The molecule has 1 saturated heterocycles. The van der Waals surface area contributed by atoms with Crippen molar-refractivity contribution in [2.45, 2.75) is 45.4 Å². The smallest absolute Gasteiger partial charge is 0.223 e. The molecule has 27 heavy (non-hydrogen) atoms. The Morgan fingerprint density at radius 3 is 2.22 bits per heavy atom. The quantitative estimate of drug-likeness (QED) is 0.806. The average molecular weight is 363 g/mol. The molecule has 2 aromatic carbocycles. The van der Waals surface area contributed by atoms with E-state index in [1.165, 1.54) is 11.1 Å². The molecule has 0 bridgehead atoms. The second kappa shape index (κ2) is 10.5. The molecule has 0 spiro atoms. The van der Waals surface area contributed by atoms with Crippen molar-refractivity contribution in [2.75, 3.05) is 6.54 Å². The van der Waals surface area contributed by atoms with E-state index < -0.39 is 0 Å². The zero-order valence-electron chi connectivity index (χ0n) is 16.6. The summed E-state index contributed by atoms with van der Waals surface area (Å²) in [5.41, 5.74) is 2.56. The SMILES string of the molecule is CC(C)C(CC#N)c1ccccc1.CC1C(=O)NCCC1c1ccccc1. The van der Waals surface area contributed by atoms with Crippen LogP contribution in [-0.2, 0) is 4.79 Å². The summed E-state index contributed by atoms with van der Waals surface area (Å²) in [4.78, 5) is 11.5. The number of hydrogen-bond donors (Lipinski definition) is 1. The lowest BCUT2D eigenvalue weighted by atomic mass is 9.82. The first-order valence-corrected chi connectivity index (χ1v) is 9.79. The van der Waals surface area contributed by atoms with Gasteiger partial charge in [0.25, 0.3) is 0 Å². The third kappa shape index (κ3) is 5.96. The van der Waals surface area contributed by atoms with Gasteiger partial charge in [-0.05, 0) is 35.3 Å². The second-order valence-corrected chi connectivity index (χ2v) is 7.51. The molecule has 142 valence electrons. The van der Waals surface area contributed by atoms with Crippen molar-refractivity contribution >= 4 is 5.91 Å². The molecule has 0 radical (unpaired) electrons. The Bertz CT molecular complexity index is 734. The van der Waals surface area contributed by atoms with Crippen LogP contribution >= 0.6 is 0 Å². The van der Waals surface area contributed by atoms with Gasteiger partial charge in [0.15, 0.2) is 0 Å². The minimum atomic E-state index is 0.103. The zero-order chi connectivity index (χ0) is 19.6. The Hall–Kier alpha value is -2.60. The van der Waals surface area contributed by atoms with E-state index in [4.69, 9.17) is 5.26 Å². The summed E-state index contributed by atoms with van der Waals surface area (Å²) in [6.07, 6.45) is 1.67. The number of hydrogen-bond acceptors (Lipinski definition) is 2. The van der Waals surface area contributed by atoms with E-state index in [-0.39, 0.29) is 11.8 Å². The number of carbonyl (C=O) groups excluding carboxylic acids is 1. The molecule has 0 saturated carbocycles. The van der Waals surface area contributed by atoms with E-state index in [2.05, 4.69) is 49.5 Å². The van der Waals surface area contributed by atoms with Crippen LogP contribution in [0.2, 0.25) is 0 Å². The van der Waals surface area contributed by atoms with E-state index in [1.807, 2.05) is 43.3 Å². The number of amides is 1. The van der Waals surface area contributed by atoms with Crippen LogP contribution in [0.25, 0.3) is 0 Å². The Labute approximate surface area is 163 Å². The van der Waals surface area contributed by atoms with Crippen molar-refractivity contribution in [3.63, 3.8) is 0 Å². The van der Waals surface area contributed by atoms with Crippen LogP contribution in [0.5, 0.6) is 0 Å². The molecule has 3 unspecified atom stereocenters. The standard InChI is InChI=1S/C12H15NO.C12H15N/c1-9-11(7-8-13-12(9)14)10-5-3-2-4-6-10;1-10(2)12(8-9-13)11-6-4-3-5-7-11/h2-6,9,11H,7-8H2,1H3,(H,13,14);3-7,10,12H,8H2,1-2H3. The lowest BCUT2D eigenvalue weighted by molar-refractivity contribution is -0.126. The second-order valence-electron chi connectivity index (χ2n) is 7.51. The third-order valence-electron chi connectivity index (χ3n) is 5.34. The summed E-state index contributed by atoms with van der Waals surface area (Å²) < 4.78 is 0. The minimum Gasteiger partial charge on any atom is -0.356 e. The van der Waals surface area contributed by atoms with Gasteiger partial charge in [-0.3, -0.25) is 4.79 Å². The van der Waals surface area contributed by atoms with Crippen LogP contribution in [0.15, 0.2) is 60.7 Å². The van der Waals surface area contributed by atoms with Crippen molar-refractivity contribution in [3.05, 3.63) is 71.8 Å². The average Bonchev–Trinajstić information content (AvgIpc) is 2.70. The van der Waals surface area contributed by atoms with Gasteiger partial charge in [-0.1, -0.05) is 81.4 Å². The molecule has 1 aliphatic heterocycles. The number of benzene rings is 2. The summed E-state index contributed by atoms with van der Waals surface area (Å²) >= 11 is 0. The van der Waals surface area contributed by atoms with Crippen molar-refractivity contribution in [1.82, 2.24) is 5.32 Å². The first-order valence-electron chi connectivity index (χ1n) is 9.79. The highest BCUT2D eigenvalue weighted by Gasteiger charge is 2.28. The van der Waals surface area contributed by atoms with Gasteiger partial charge in [0.1, 0.15) is 0 Å². The van der Waals surface area contributed by atoms with E-state index in [0.717, 1.165) is 13.0 Å². The third-order valence-corrected chi connectivity index (χ3v) is 5.34. The molecule has 0 aliphatic carbocycles. The first kappa shape index (κ1) is 20.7. The van der Waals surface area contributed by atoms with Gasteiger partial charge in [0.2, 0.25) is 5.91 Å². The van der Waals surface area contributed by atoms with Crippen LogP contribution in [-0.4, -0.2) is 12.5 Å². The first-order chi connectivity index (χ1) is 13.0. The number of piperidine rings is 1. The molecule has 1 heterocycles. The van der Waals surface area contributed by atoms with Crippen LogP contribution < -0.4 is 5.32 Å². The Balaban J connectivity index is 0.000000194. The fraction of sp³-hybridized carbons (Fsp3) is 0.417. The minimum absolute atomic E-state index is 0.103. The van der Waals surface area contributed by atoms with Crippen molar-refractivity contribution in [1.29, 1.82) is 5.26 Å². The van der Waals surface area contributed by atoms with Crippen molar-refractivity contribution < 1.29 is 4.79 Å². The highest BCUT2D eigenvalue weighted by molar-refractivity contribution is 5.80. The maximum absolute atomic E-state index is 11.5. The van der Waals surface area contributed by atoms with Gasteiger partial charge in [-0.15, -0.1) is 0 Å². The predicted molar refractivity (Wildman–Crippen MR) is 110 cm³/mol. The topological polar surface area (TPSA) is 52.9 Å². The molecule has 2 aromatic rings. The fourth-order valence-corrected chi connectivity index (χ4v) is 3.64. The molecule has 1 aliphatic rings. The van der Waals surface area contributed by atoms with Gasteiger partial charge in [-0.2, -0.15) is 5.26 Å². The summed E-state index contributed by atoms with van der Waals surface area (Å²) in [5, 5.41) is 11.6. The lowest BCUT2D eigenvalue weighted by Gasteiger charge is -2.28. The maximum Gasteiger partial charge on any atom is 0.223 e. The molecule has 3 heteroatoms. The number of nitrogens with zero attached hydrogens (tertiary/aromatic N) is 1. The Kier molecular flexibility index (Phi) is 8.07. The zero-order valence-corrected chi connectivity index (χ0v) is 16.6. The van der Waals surface area contributed by atoms with Gasteiger partial charge >= 0.3 is 0 Å². The molecule has 1 amide bonds. The number of nitrogens with one attached hydrogen (secondary N) is 1. The van der Waals surface area contributed by atoms with Crippen molar-refractivity contribution in [2.24, 2.45) is 11.8 Å². The molecular formula is C24H30N2O. The molecule has 3 rings (SSSR count).